The molecule has 13 nitrogen and oxygen atoms in total. The van der Waals surface area contributed by atoms with Crippen molar-refractivity contribution in [2.24, 2.45) is 5.92 Å². The molecule has 0 saturated heterocycles. The molecule has 0 aliphatic carbocycles. The molecule has 4 rings (SSSR count). The van der Waals surface area contributed by atoms with E-state index in [2.05, 4.69) is 32.2 Å². The molecule has 0 spiro atoms. The third-order valence-electron chi connectivity index (χ3n) is 8.64. The number of methoxy groups -OCH3 is 1. The average Bonchev–Trinajstić information content (AvgIpc) is 3.09. The van der Waals surface area contributed by atoms with Gasteiger partial charge in [-0.1, -0.05) is 26.0 Å². The summed E-state index contributed by atoms with van der Waals surface area (Å²) in [6.45, 7) is 8.54. The van der Waals surface area contributed by atoms with Gasteiger partial charge in [-0.3, -0.25) is 24.1 Å². The van der Waals surface area contributed by atoms with Crippen LogP contribution in [0.15, 0.2) is 48.0 Å². The average molecular weight is 708 g/mol. The highest BCUT2D eigenvalue weighted by Crippen LogP contribution is 2.30. The number of hydrogen-bond acceptors (Lipinski definition) is 9. The normalized spacial score (nSPS) is 21.3. The molecule has 278 valence electrons. The summed E-state index contributed by atoms with van der Waals surface area (Å²) in [6.07, 6.45) is 3.43. The molecule has 0 radical (unpaired) electrons. The molecular weight excluding hydrogens is 654 g/mol. The number of rotatable bonds is 6. The fraction of sp³-hybridized carbons (Fsp3) is 0.526. The molecule has 13 heteroatoms. The second-order valence-electron chi connectivity index (χ2n) is 13.6. The predicted molar refractivity (Wildman–Crippen MR) is 193 cm³/mol. The standard InChI is InChI=1S/C38H53N5O8/c1-25(2)17-32-37(47)42-36(26(3)44)38(48)40-13-5-6-15-43(22-28-18-29-21-30(49-4)11-12-33(29)51-23-28)16-8-14-39-35(46)24-50-31-10-7-9-27(19-31)20-34(45)41-32/h7,9-12,18-19,21,25-26,32,36,44H,5-6,8,13-17,20,22-24H2,1-4H3,(H,39,46)(H,40,48)(H,41,45)(H,42,47)/t26-,32-,36+/m1/s1. The minimum atomic E-state index is -1.19. The van der Waals surface area contributed by atoms with Crippen LogP contribution < -0.4 is 35.5 Å². The van der Waals surface area contributed by atoms with Gasteiger partial charge in [-0.25, -0.2) is 0 Å². The van der Waals surface area contributed by atoms with Crippen molar-refractivity contribution in [3.05, 3.63) is 59.2 Å². The molecule has 3 atom stereocenters. The van der Waals surface area contributed by atoms with E-state index in [-0.39, 0.29) is 30.8 Å². The number of fused-ring (bicyclic) bond motifs is 3. The van der Waals surface area contributed by atoms with Gasteiger partial charge in [0, 0.05) is 31.7 Å². The Morgan fingerprint density at radius 1 is 0.882 bits per heavy atom. The zero-order valence-corrected chi connectivity index (χ0v) is 30.2. The number of ether oxygens (including phenoxy) is 3. The summed E-state index contributed by atoms with van der Waals surface area (Å²) in [5.74, 6) is 0.396. The topological polar surface area (TPSA) is 168 Å². The maximum absolute atomic E-state index is 13.4. The maximum atomic E-state index is 13.4. The van der Waals surface area contributed by atoms with Crippen LogP contribution in [0.25, 0.3) is 6.08 Å². The van der Waals surface area contributed by atoms with E-state index in [0.29, 0.717) is 63.4 Å². The number of amides is 4. The van der Waals surface area contributed by atoms with Crippen LogP contribution in [0.1, 0.15) is 57.6 Å². The van der Waals surface area contributed by atoms with Crippen molar-refractivity contribution in [1.29, 1.82) is 0 Å². The van der Waals surface area contributed by atoms with Crippen LogP contribution in [0.2, 0.25) is 0 Å². The summed E-state index contributed by atoms with van der Waals surface area (Å²) < 4.78 is 17.1. The van der Waals surface area contributed by atoms with E-state index in [9.17, 15) is 24.3 Å². The Labute approximate surface area is 300 Å². The molecule has 0 fully saturated rings. The Bertz CT molecular complexity index is 1530. The van der Waals surface area contributed by atoms with Crippen LogP contribution in [0.3, 0.4) is 0 Å². The minimum absolute atomic E-state index is 0.0220. The molecule has 2 heterocycles. The molecule has 5 N–H and O–H groups in total. The highest BCUT2D eigenvalue weighted by Gasteiger charge is 2.30. The second-order valence-corrected chi connectivity index (χ2v) is 13.6. The number of benzene rings is 2. The zero-order chi connectivity index (χ0) is 36.8. The van der Waals surface area contributed by atoms with E-state index < -0.39 is 30.0 Å². The summed E-state index contributed by atoms with van der Waals surface area (Å²) >= 11 is 0. The quantitative estimate of drug-likeness (QED) is 0.303. The third-order valence-corrected chi connectivity index (χ3v) is 8.64. The number of nitrogens with one attached hydrogen (secondary N) is 4. The smallest absolute Gasteiger partial charge is 0.257 e. The summed E-state index contributed by atoms with van der Waals surface area (Å²) in [5.41, 5.74) is 2.71. The lowest BCUT2D eigenvalue weighted by molar-refractivity contribution is -0.134. The van der Waals surface area contributed by atoms with Crippen LogP contribution in [0, 0.1) is 5.92 Å². The van der Waals surface area contributed by atoms with E-state index in [1.54, 1.807) is 31.4 Å². The third kappa shape index (κ3) is 12.9. The highest BCUT2D eigenvalue weighted by atomic mass is 16.5. The van der Waals surface area contributed by atoms with Gasteiger partial charge in [-0.2, -0.15) is 0 Å². The lowest BCUT2D eigenvalue weighted by Gasteiger charge is -2.27. The van der Waals surface area contributed by atoms with Crippen LogP contribution in [-0.2, 0) is 25.6 Å². The SMILES string of the molecule is COc1ccc2c(c1)C=C(CN1CCCCNC(=O)[C@H]([C@@H](C)O)NC(=O)[C@@H](CC(C)C)NC(=O)Cc3cccc(c3)OCC(=O)NCCC1)CO2. The number of hydrogen-bond donors (Lipinski definition) is 5. The maximum Gasteiger partial charge on any atom is 0.257 e. The molecule has 2 aromatic rings. The Balaban J connectivity index is 1.47. The number of carbonyl (C=O) groups is 4. The Kier molecular flexibility index (Phi) is 15.1. The molecular formula is C38H53N5O8. The van der Waals surface area contributed by atoms with Crippen LogP contribution in [-0.4, -0.2) is 105 Å². The molecule has 2 aliphatic rings. The summed E-state index contributed by atoms with van der Waals surface area (Å²) in [6, 6.07) is 10.5. The zero-order valence-electron chi connectivity index (χ0n) is 30.2. The molecule has 0 unspecified atom stereocenters. The van der Waals surface area contributed by atoms with Crippen molar-refractivity contribution < 1.29 is 38.5 Å². The summed E-state index contributed by atoms with van der Waals surface area (Å²) in [7, 11) is 1.63. The molecule has 51 heavy (non-hydrogen) atoms. The van der Waals surface area contributed by atoms with Gasteiger partial charge in [0.15, 0.2) is 6.61 Å². The molecule has 0 aromatic heterocycles. The monoisotopic (exact) mass is 707 g/mol. The first-order chi connectivity index (χ1) is 24.5. The van der Waals surface area contributed by atoms with Crippen molar-refractivity contribution in [1.82, 2.24) is 26.2 Å². The summed E-state index contributed by atoms with van der Waals surface area (Å²) in [4.78, 5) is 54.5. The first-order valence-corrected chi connectivity index (χ1v) is 17.8. The Morgan fingerprint density at radius 3 is 2.43 bits per heavy atom. The van der Waals surface area contributed by atoms with Crippen molar-refractivity contribution in [2.75, 3.05) is 53.0 Å². The molecule has 2 aromatic carbocycles. The van der Waals surface area contributed by atoms with E-state index in [4.69, 9.17) is 14.2 Å². The van der Waals surface area contributed by atoms with Gasteiger partial charge in [0.05, 0.1) is 19.6 Å². The lowest BCUT2D eigenvalue weighted by atomic mass is 10.0. The van der Waals surface area contributed by atoms with E-state index in [1.165, 1.54) is 6.92 Å². The lowest BCUT2D eigenvalue weighted by Crippen LogP contribution is -2.57. The van der Waals surface area contributed by atoms with Crippen molar-refractivity contribution in [3.8, 4) is 17.2 Å². The minimum Gasteiger partial charge on any atom is -0.497 e. The molecule has 2 aliphatic heterocycles. The molecule has 0 saturated carbocycles. The van der Waals surface area contributed by atoms with Crippen molar-refractivity contribution >= 4 is 29.7 Å². The Hall–Kier alpha value is -4.62. The van der Waals surface area contributed by atoms with E-state index in [1.807, 2.05) is 32.0 Å². The van der Waals surface area contributed by atoms with Crippen LogP contribution >= 0.6 is 0 Å². The number of nitrogens with zero attached hydrogens (tertiary/aromatic N) is 1. The van der Waals surface area contributed by atoms with Crippen molar-refractivity contribution in [3.63, 3.8) is 0 Å². The van der Waals surface area contributed by atoms with Crippen LogP contribution in [0.4, 0.5) is 0 Å². The number of carbonyl (C=O) groups excluding carboxylic acids is 4. The Morgan fingerprint density at radius 2 is 1.67 bits per heavy atom. The molecule has 2 bridgehead atoms. The van der Waals surface area contributed by atoms with Gasteiger partial charge in [0.1, 0.15) is 35.9 Å². The molecule has 4 amide bonds. The largest absolute Gasteiger partial charge is 0.497 e. The van der Waals surface area contributed by atoms with Gasteiger partial charge in [0.2, 0.25) is 17.7 Å². The number of aliphatic hydroxyl groups excluding tert-OH is 1. The second kappa shape index (κ2) is 19.7. The van der Waals surface area contributed by atoms with Gasteiger partial charge >= 0.3 is 0 Å². The number of aliphatic hydroxyl groups is 1. The van der Waals surface area contributed by atoms with Gasteiger partial charge in [-0.15, -0.1) is 0 Å². The predicted octanol–water partition coefficient (Wildman–Crippen LogP) is 2.21. The summed E-state index contributed by atoms with van der Waals surface area (Å²) in [5, 5.41) is 21.7. The highest BCUT2D eigenvalue weighted by molar-refractivity contribution is 5.92. The first kappa shape index (κ1) is 39.2. The van der Waals surface area contributed by atoms with Gasteiger partial charge in [-0.05, 0) is 92.6 Å². The van der Waals surface area contributed by atoms with Gasteiger partial charge in [0.25, 0.3) is 5.91 Å². The van der Waals surface area contributed by atoms with Crippen LogP contribution in [0.5, 0.6) is 17.2 Å². The first-order valence-electron chi connectivity index (χ1n) is 17.8. The van der Waals surface area contributed by atoms with E-state index in [0.717, 1.165) is 35.6 Å². The van der Waals surface area contributed by atoms with Gasteiger partial charge < -0.3 is 40.6 Å². The van der Waals surface area contributed by atoms with E-state index >= 15 is 0 Å². The van der Waals surface area contributed by atoms with Crippen molar-refractivity contribution in [2.45, 2.75) is 71.1 Å². The fourth-order valence-corrected chi connectivity index (χ4v) is 6.03. The fourth-order valence-electron chi connectivity index (χ4n) is 6.03.